The summed E-state index contributed by atoms with van der Waals surface area (Å²) in [6, 6.07) is 7.34. The van der Waals surface area contributed by atoms with E-state index in [0.717, 1.165) is 5.69 Å². The summed E-state index contributed by atoms with van der Waals surface area (Å²) in [6.07, 6.45) is 6.69. The van der Waals surface area contributed by atoms with Crippen LogP contribution in [0.3, 0.4) is 0 Å². The first-order valence-electron chi connectivity index (χ1n) is 5.38. The number of hydrogen-bond donors (Lipinski definition) is 1. The second kappa shape index (κ2) is 4.25. The van der Waals surface area contributed by atoms with E-state index in [2.05, 4.69) is 20.1 Å². The van der Waals surface area contributed by atoms with Gasteiger partial charge >= 0.3 is 0 Å². The SMILES string of the molecule is Nc1cn(-c2ncccn2)nc1-c1ccccn1. The fourth-order valence-electron chi connectivity index (χ4n) is 1.60. The molecule has 0 saturated carbocycles. The Morgan fingerprint density at radius 3 is 2.44 bits per heavy atom. The lowest BCUT2D eigenvalue weighted by atomic mass is 10.2. The summed E-state index contributed by atoms with van der Waals surface area (Å²) >= 11 is 0. The highest BCUT2D eigenvalue weighted by Crippen LogP contribution is 2.22. The molecule has 0 fully saturated rings. The Morgan fingerprint density at radius 2 is 1.72 bits per heavy atom. The van der Waals surface area contributed by atoms with Crippen LogP contribution in [-0.2, 0) is 0 Å². The van der Waals surface area contributed by atoms with Crippen LogP contribution in [-0.4, -0.2) is 24.7 Å². The molecule has 3 aromatic rings. The van der Waals surface area contributed by atoms with Gasteiger partial charge < -0.3 is 5.73 Å². The van der Waals surface area contributed by atoms with E-state index in [1.54, 1.807) is 35.5 Å². The zero-order valence-electron chi connectivity index (χ0n) is 9.43. The second-order valence-electron chi connectivity index (χ2n) is 3.64. The molecule has 6 nitrogen and oxygen atoms in total. The summed E-state index contributed by atoms with van der Waals surface area (Å²) in [5.74, 6) is 0.478. The molecule has 0 amide bonds. The van der Waals surface area contributed by atoms with Crippen molar-refractivity contribution >= 4 is 5.69 Å². The molecule has 0 radical (unpaired) electrons. The fraction of sp³-hybridized carbons (Fsp3) is 0. The van der Waals surface area contributed by atoms with Crippen molar-refractivity contribution in [3.05, 3.63) is 49.1 Å². The monoisotopic (exact) mass is 238 g/mol. The van der Waals surface area contributed by atoms with Crippen LogP contribution in [0.1, 0.15) is 0 Å². The highest BCUT2D eigenvalue weighted by atomic mass is 15.3. The molecule has 0 aromatic carbocycles. The normalized spacial score (nSPS) is 10.4. The van der Waals surface area contributed by atoms with Crippen LogP contribution in [0.5, 0.6) is 0 Å². The highest BCUT2D eigenvalue weighted by molar-refractivity contribution is 5.69. The zero-order valence-corrected chi connectivity index (χ0v) is 9.43. The third-order valence-corrected chi connectivity index (χ3v) is 2.41. The van der Waals surface area contributed by atoms with Gasteiger partial charge in [-0.2, -0.15) is 5.10 Å². The molecule has 0 spiro atoms. The highest BCUT2D eigenvalue weighted by Gasteiger charge is 2.11. The van der Waals surface area contributed by atoms with Crippen molar-refractivity contribution in [2.75, 3.05) is 5.73 Å². The van der Waals surface area contributed by atoms with Gasteiger partial charge in [-0.05, 0) is 18.2 Å². The van der Waals surface area contributed by atoms with Crippen molar-refractivity contribution < 1.29 is 0 Å². The number of nitrogens with zero attached hydrogens (tertiary/aromatic N) is 5. The van der Waals surface area contributed by atoms with Gasteiger partial charge in [-0.1, -0.05) is 6.07 Å². The maximum Gasteiger partial charge on any atom is 0.250 e. The third kappa shape index (κ3) is 1.80. The summed E-state index contributed by atoms with van der Waals surface area (Å²) in [6.45, 7) is 0. The average Bonchev–Trinajstić information content (AvgIpc) is 2.83. The fourth-order valence-corrected chi connectivity index (χ4v) is 1.60. The van der Waals surface area contributed by atoms with Crippen LogP contribution in [0, 0.1) is 0 Å². The van der Waals surface area contributed by atoms with Gasteiger partial charge in [0.1, 0.15) is 5.69 Å². The molecule has 3 aromatic heterocycles. The van der Waals surface area contributed by atoms with E-state index >= 15 is 0 Å². The minimum absolute atomic E-state index is 0.478. The lowest BCUT2D eigenvalue weighted by molar-refractivity contribution is 0.810. The molecule has 0 bridgehead atoms. The molecular weight excluding hydrogens is 228 g/mol. The first-order chi connectivity index (χ1) is 8.84. The number of nitrogen functional groups attached to an aromatic ring is 1. The maximum atomic E-state index is 5.93. The van der Waals surface area contributed by atoms with Crippen molar-refractivity contribution in [1.29, 1.82) is 0 Å². The predicted molar refractivity (Wildman–Crippen MR) is 66.8 cm³/mol. The molecule has 3 rings (SSSR count). The van der Waals surface area contributed by atoms with E-state index in [9.17, 15) is 0 Å². The third-order valence-electron chi connectivity index (χ3n) is 2.41. The number of aromatic nitrogens is 5. The lowest BCUT2D eigenvalue weighted by Gasteiger charge is -1.97. The predicted octanol–water partition coefficient (Wildman–Crippen LogP) is 1.31. The summed E-state index contributed by atoms with van der Waals surface area (Å²) in [4.78, 5) is 12.4. The molecule has 0 unspecified atom stereocenters. The van der Waals surface area contributed by atoms with Crippen LogP contribution in [0.25, 0.3) is 17.3 Å². The van der Waals surface area contributed by atoms with Gasteiger partial charge in [0.25, 0.3) is 5.95 Å². The van der Waals surface area contributed by atoms with Crippen molar-refractivity contribution in [2.24, 2.45) is 0 Å². The van der Waals surface area contributed by atoms with E-state index < -0.39 is 0 Å². The van der Waals surface area contributed by atoms with Crippen LogP contribution >= 0.6 is 0 Å². The summed E-state index contributed by atoms with van der Waals surface area (Å²) in [5.41, 5.74) is 7.83. The van der Waals surface area contributed by atoms with E-state index in [1.807, 2.05) is 18.2 Å². The van der Waals surface area contributed by atoms with Gasteiger partial charge in [-0.15, -0.1) is 0 Å². The Morgan fingerprint density at radius 1 is 0.944 bits per heavy atom. The van der Waals surface area contributed by atoms with Crippen LogP contribution < -0.4 is 5.73 Å². The van der Waals surface area contributed by atoms with Crippen molar-refractivity contribution in [1.82, 2.24) is 24.7 Å². The minimum Gasteiger partial charge on any atom is -0.396 e. The van der Waals surface area contributed by atoms with E-state index in [-0.39, 0.29) is 0 Å². The largest absolute Gasteiger partial charge is 0.396 e. The quantitative estimate of drug-likeness (QED) is 0.727. The van der Waals surface area contributed by atoms with Crippen LogP contribution in [0.2, 0.25) is 0 Å². The van der Waals surface area contributed by atoms with Crippen LogP contribution in [0.15, 0.2) is 49.1 Å². The first-order valence-corrected chi connectivity index (χ1v) is 5.38. The van der Waals surface area contributed by atoms with Gasteiger partial charge in [0.05, 0.1) is 17.6 Å². The number of rotatable bonds is 2. The van der Waals surface area contributed by atoms with Crippen molar-refractivity contribution in [2.45, 2.75) is 0 Å². The zero-order chi connectivity index (χ0) is 12.4. The summed E-state index contributed by atoms with van der Waals surface area (Å²) in [5, 5.41) is 4.35. The van der Waals surface area contributed by atoms with E-state index in [0.29, 0.717) is 17.3 Å². The summed E-state index contributed by atoms with van der Waals surface area (Å²) < 4.78 is 1.54. The smallest absolute Gasteiger partial charge is 0.250 e. The standard InChI is InChI=1S/C12H10N6/c13-9-8-18(12-15-6-3-7-16-12)17-11(9)10-4-1-2-5-14-10/h1-8H,13H2. The number of nitrogens with two attached hydrogens (primary N) is 1. The molecule has 0 aliphatic carbocycles. The molecule has 88 valence electrons. The van der Waals surface area contributed by atoms with Crippen molar-refractivity contribution in [3.63, 3.8) is 0 Å². The Labute approximate surface area is 103 Å². The van der Waals surface area contributed by atoms with Gasteiger partial charge in [-0.25, -0.2) is 14.6 Å². The Kier molecular flexibility index (Phi) is 2.45. The molecule has 0 saturated heterocycles. The number of hydrogen-bond acceptors (Lipinski definition) is 5. The average molecular weight is 238 g/mol. The summed E-state index contributed by atoms with van der Waals surface area (Å²) in [7, 11) is 0. The molecule has 0 aliphatic heterocycles. The van der Waals surface area contributed by atoms with Crippen molar-refractivity contribution in [3.8, 4) is 17.3 Å². The molecule has 18 heavy (non-hydrogen) atoms. The lowest BCUT2D eigenvalue weighted by Crippen LogP contribution is -2.00. The van der Waals surface area contributed by atoms with E-state index in [1.165, 1.54) is 0 Å². The van der Waals surface area contributed by atoms with Gasteiger partial charge in [0, 0.05) is 18.6 Å². The molecule has 2 N–H and O–H groups in total. The molecule has 3 heterocycles. The Bertz CT molecular complexity index is 647. The van der Waals surface area contributed by atoms with Crippen LogP contribution in [0.4, 0.5) is 5.69 Å². The molecule has 0 aliphatic rings. The molecular formula is C12H10N6. The van der Waals surface area contributed by atoms with Gasteiger partial charge in [-0.3, -0.25) is 4.98 Å². The first kappa shape index (κ1) is 10.4. The second-order valence-corrected chi connectivity index (χ2v) is 3.64. The molecule has 0 atom stereocenters. The maximum absolute atomic E-state index is 5.93. The number of pyridine rings is 1. The topological polar surface area (TPSA) is 82.5 Å². The van der Waals surface area contributed by atoms with E-state index in [4.69, 9.17) is 5.73 Å². The number of anilines is 1. The Balaban J connectivity index is 2.07. The minimum atomic E-state index is 0.478. The van der Waals surface area contributed by atoms with Gasteiger partial charge in [0.15, 0.2) is 0 Å². The molecule has 6 heteroatoms. The van der Waals surface area contributed by atoms with Gasteiger partial charge in [0.2, 0.25) is 0 Å². The Hall–Kier alpha value is -2.76.